The number of carbonyl (C=O) groups excluding carboxylic acids is 1. The van der Waals surface area contributed by atoms with Crippen molar-refractivity contribution in [3.63, 3.8) is 0 Å². The van der Waals surface area contributed by atoms with Crippen molar-refractivity contribution < 1.29 is 19.4 Å². The third-order valence-corrected chi connectivity index (χ3v) is 3.05. The Kier molecular flexibility index (Phi) is 6.26. The molecule has 5 nitrogen and oxygen atoms in total. The molecule has 7 heteroatoms. The number of carboxylic acid groups (broad SMARTS) is 1. The van der Waals surface area contributed by atoms with Crippen molar-refractivity contribution in [2.24, 2.45) is 5.92 Å². The van der Waals surface area contributed by atoms with Gasteiger partial charge in [0.2, 0.25) is 5.91 Å². The first-order valence-corrected chi connectivity index (χ1v) is 6.61. The first kappa shape index (κ1) is 16.8. The lowest BCUT2D eigenvalue weighted by molar-refractivity contribution is -0.117. The molecular weight excluding hydrogens is 305 g/mol. The molecule has 0 spiro atoms. The van der Waals surface area contributed by atoms with Crippen molar-refractivity contribution in [3.05, 3.63) is 27.7 Å². The van der Waals surface area contributed by atoms with Crippen molar-refractivity contribution in [1.29, 1.82) is 0 Å². The third kappa shape index (κ3) is 4.67. The molecule has 1 aromatic carbocycles. The highest BCUT2D eigenvalue weighted by Gasteiger charge is 2.18. The molecule has 0 saturated carbocycles. The van der Waals surface area contributed by atoms with Gasteiger partial charge in [-0.2, -0.15) is 0 Å². The maximum Gasteiger partial charge on any atom is 0.337 e. The molecule has 0 aliphatic rings. The van der Waals surface area contributed by atoms with Crippen molar-refractivity contribution in [2.75, 3.05) is 19.0 Å². The van der Waals surface area contributed by atoms with E-state index < -0.39 is 5.97 Å². The molecule has 0 aromatic heterocycles. The number of nitrogens with one attached hydrogen (secondary N) is 1. The summed E-state index contributed by atoms with van der Waals surface area (Å²) in [6.45, 7) is 2.29. The Morgan fingerprint density at radius 1 is 1.40 bits per heavy atom. The first-order chi connectivity index (χ1) is 9.35. The molecule has 110 valence electrons. The highest BCUT2D eigenvalue weighted by Crippen LogP contribution is 2.30. The van der Waals surface area contributed by atoms with E-state index in [9.17, 15) is 9.59 Å². The van der Waals surface area contributed by atoms with Gasteiger partial charge in [0.25, 0.3) is 0 Å². The standard InChI is InChI=1S/C13H15Cl2NO4/c1-7(6-20-2)3-11(17)16-12-9(13(18)19)4-8(14)5-10(12)15/h4-5,7H,3,6H2,1-2H3,(H,16,17)(H,18,19). The molecule has 0 heterocycles. The molecule has 1 rings (SSSR count). The van der Waals surface area contributed by atoms with E-state index in [4.69, 9.17) is 33.0 Å². The fraction of sp³-hybridized carbons (Fsp3) is 0.385. The van der Waals surface area contributed by atoms with E-state index in [2.05, 4.69) is 5.32 Å². The molecule has 0 fully saturated rings. The fourth-order valence-corrected chi connectivity index (χ4v) is 2.26. The average Bonchev–Trinajstić information content (AvgIpc) is 2.32. The Bertz CT molecular complexity index is 519. The van der Waals surface area contributed by atoms with Crippen LogP contribution in [0.2, 0.25) is 10.0 Å². The Labute approximate surface area is 126 Å². The molecule has 0 saturated heterocycles. The van der Waals surface area contributed by atoms with Gasteiger partial charge in [-0.1, -0.05) is 30.1 Å². The highest BCUT2D eigenvalue weighted by molar-refractivity contribution is 6.37. The summed E-state index contributed by atoms with van der Waals surface area (Å²) in [5.41, 5.74) is -0.0894. The minimum atomic E-state index is -1.21. The highest BCUT2D eigenvalue weighted by atomic mass is 35.5. The van der Waals surface area contributed by atoms with Gasteiger partial charge >= 0.3 is 5.97 Å². The zero-order chi connectivity index (χ0) is 15.3. The third-order valence-electron chi connectivity index (χ3n) is 2.53. The van der Waals surface area contributed by atoms with Crippen LogP contribution in [0.3, 0.4) is 0 Å². The van der Waals surface area contributed by atoms with Crippen molar-refractivity contribution in [3.8, 4) is 0 Å². The van der Waals surface area contributed by atoms with Crippen LogP contribution in [0.15, 0.2) is 12.1 Å². The number of anilines is 1. The van der Waals surface area contributed by atoms with Crippen LogP contribution in [-0.4, -0.2) is 30.7 Å². The molecule has 2 N–H and O–H groups in total. The van der Waals surface area contributed by atoms with E-state index in [0.717, 1.165) is 0 Å². The zero-order valence-electron chi connectivity index (χ0n) is 11.1. The molecule has 20 heavy (non-hydrogen) atoms. The second kappa shape index (κ2) is 7.47. The second-order valence-electron chi connectivity index (χ2n) is 4.43. The lowest BCUT2D eigenvalue weighted by Crippen LogP contribution is -2.19. The molecule has 1 aromatic rings. The number of halogens is 2. The van der Waals surface area contributed by atoms with Crippen LogP contribution < -0.4 is 5.32 Å². The van der Waals surface area contributed by atoms with Crippen LogP contribution >= 0.6 is 23.2 Å². The van der Waals surface area contributed by atoms with Crippen LogP contribution in [0.25, 0.3) is 0 Å². The Balaban J connectivity index is 2.91. The van der Waals surface area contributed by atoms with E-state index in [-0.39, 0.29) is 39.5 Å². The maximum atomic E-state index is 11.9. The number of rotatable bonds is 6. The van der Waals surface area contributed by atoms with Crippen LogP contribution in [0.5, 0.6) is 0 Å². The second-order valence-corrected chi connectivity index (χ2v) is 5.27. The van der Waals surface area contributed by atoms with Gasteiger partial charge < -0.3 is 15.2 Å². The molecule has 0 radical (unpaired) electrons. The molecule has 0 aliphatic heterocycles. The molecule has 1 unspecified atom stereocenters. The van der Waals surface area contributed by atoms with Gasteiger partial charge in [0.1, 0.15) is 0 Å². The van der Waals surface area contributed by atoms with Crippen LogP contribution in [0.4, 0.5) is 5.69 Å². The maximum absolute atomic E-state index is 11.9. The van der Waals surface area contributed by atoms with Crippen molar-refractivity contribution in [1.82, 2.24) is 0 Å². The SMILES string of the molecule is COCC(C)CC(=O)Nc1c(Cl)cc(Cl)cc1C(=O)O. The predicted octanol–water partition coefficient (Wildman–Crippen LogP) is 3.30. The fourth-order valence-electron chi connectivity index (χ4n) is 1.72. The summed E-state index contributed by atoms with van der Waals surface area (Å²) in [6.07, 6.45) is 0.200. The molecule has 1 amide bonds. The summed E-state index contributed by atoms with van der Waals surface area (Å²) >= 11 is 11.7. The smallest absolute Gasteiger partial charge is 0.337 e. The number of carbonyl (C=O) groups is 2. The van der Waals surface area contributed by atoms with E-state index >= 15 is 0 Å². The number of benzene rings is 1. The number of hydrogen-bond acceptors (Lipinski definition) is 3. The minimum Gasteiger partial charge on any atom is -0.478 e. The summed E-state index contributed by atoms with van der Waals surface area (Å²) in [5, 5.41) is 11.9. The molecule has 1 atom stereocenters. The van der Waals surface area contributed by atoms with Gasteiger partial charge in [-0.05, 0) is 18.1 Å². The number of aromatic carboxylic acids is 1. The molecule has 0 bridgehead atoms. The number of amides is 1. The number of hydrogen-bond donors (Lipinski definition) is 2. The lowest BCUT2D eigenvalue weighted by atomic mass is 10.1. The van der Waals surface area contributed by atoms with Crippen molar-refractivity contribution in [2.45, 2.75) is 13.3 Å². The number of carboxylic acids is 1. The Morgan fingerprint density at radius 2 is 2.05 bits per heavy atom. The van der Waals surface area contributed by atoms with E-state index in [1.165, 1.54) is 12.1 Å². The van der Waals surface area contributed by atoms with Gasteiger partial charge in [0.15, 0.2) is 0 Å². The summed E-state index contributed by atoms with van der Waals surface area (Å²) in [6, 6.07) is 2.62. The predicted molar refractivity (Wildman–Crippen MR) is 77.7 cm³/mol. The summed E-state index contributed by atoms with van der Waals surface area (Å²) in [4.78, 5) is 23.0. The summed E-state index contributed by atoms with van der Waals surface area (Å²) in [5.74, 6) is -1.53. The van der Waals surface area contributed by atoms with Crippen LogP contribution in [-0.2, 0) is 9.53 Å². The van der Waals surface area contributed by atoms with E-state index in [1.54, 1.807) is 7.11 Å². The van der Waals surface area contributed by atoms with Crippen molar-refractivity contribution >= 4 is 40.8 Å². The number of ether oxygens (including phenoxy) is 1. The number of methoxy groups -OCH3 is 1. The normalized spacial score (nSPS) is 12.0. The lowest BCUT2D eigenvalue weighted by Gasteiger charge is -2.13. The van der Waals surface area contributed by atoms with Gasteiger partial charge in [0, 0.05) is 25.2 Å². The van der Waals surface area contributed by atoms with Gasteiger partial charge in [-0.15, -0.1) is 0 Å². The van der Waals surface area contributed by atoms with Gasteiger partial charge in [-0.3, -0.25) is 4.79 Å². The summed E-state index contributed by atoms with van der Waals surface area (Å²) in [7, 11) is 1.55. The molecular formula is C13H15Cl2NO4. The van der Waals surface area contributed by atoms with Crippen LogP contribution in [0.1, 0.15) is 23.7 Å². The minimum absolute atomic E-state index is 0.0133. The van der Waals surface area contributed by atoms with E-state index in [1.807, 2.05) is 6.92 Å². The zero-order valence-corrected chi connectivity index (χ0v) is 12.6. The van der Waals surface area contributed by atoms with Crippen LogP contribution in [0, 0.1) is 5.92 Å². The Hall–Kier alpha value is -1.30. The Morgan fingerprint density at radius 3 is 2.60 bits per heavy atom. The summed E-state index contributed by atoms with van der Waals surface area (Å²) < 4.78 is 4.94. The van der Waals surface area contributed by atoms with E-state index in [0.29, 0.717) is 6.61 Å². The quantitative estimate of drug-likeness (QED) is 0.843. The van der Waals surface area contributed by atoms with Gasteiger partial charge in [0.05, 0.1) is 16.3 Å². The first-order valence-electron chi connectivity index (χ1n) is 5.86. The average molecular weight is 320 g/mol. The monoisotopic (exact) mass is 319 g/mol. The topological polar surface area (TPSA) is 75.6 Å². The largest absolute Gasteiger partial charge is 0.478 e. The molecule has 0 aliphatic carbocycles. The van der Waals surface area contributed by atoms with Gasteiger partial charge in [-0.25, -0.2) is 4.79 Å².